The van der Waals surface area contributed by atoms with Gasteiger partial charge in [-0.3, -0.25) is 4.79 Å². The topological polar surface area (TPSA) is 253 Å². The van der Waals surface area contributed by atoms with Crippen LogP contribution in [0.25, 0.3) is 0 Å². The van der Waals surface area contributed by atoms with Gasteiger partial charge < -0.3 is 54.7 Å². The van der Waals surface area contributed by atoms with Crippen LogP contribution in [0.4, 0.5) is 19.2 Å². The summed E-state index contributed by atoms with van der Waals surface area (Å²) in [6.45, 7) is 19.3. The van der Waals surface area contributed by atoms with Crippen molar-refractivity contribution < 1.29 is 52.8 Å². The van der Waals surface area contributed by atoms with Crippen molar-refractivity contribution in [1.82, 2.24) is 30.7 Å². The van der Waals surface area contributed by atoms with Crippen LogP contribution in [0.15, 0.2) is 48.5 Å². The number of rotatable bonds is 10. The van der Waals surface area contributed by atoms with Crippen molar-refractivity contribution in [3.63, 3.8) is 0 Å². The molecule has 5 amide bonds. The summed E-state index contributed by atoms with van der Waals surface area (Å²) in [7, 11) is 0. The molecule has 19 nitrogen and oxygen atoms in total. The van der Waals surface area contributed by atoms with Gasteiger partial charge in [0.15, 0.2) is 0 Å². The van der Waals surface area contributed by atoms with Gasteiger partial charge in [-0.2, -0.15) is 10.5 Å². The van der Waals surface area contributed by atoms with E-state index in [-0.39, 0.29) is 24.8 Å². The maximum atomic E-state index is 13.2. The van der Waals surface area contributed by atoms with Crippen LogP contribution in [-0.2, 0) is 41.4 Å². The maximum Gasteiger partial charge on any atom is 0.409 e. The van der Waals surface area contributed by atoms with Gasteiger partial charge in [-0.15, -0.1) is 0 Å². The van der Waals surface area contributed by atoms with E-state index in [0.29, 0.717) is 56.1 Å². The Morgan fingerprint density at radius 1 is 0.667 bits per heavy atom. The van der Waals surface area contributed by atoms with E-state index in [2.05, 4.69) is 22.0 Å². The van der Waals surface area contributed by atoms with Crippen molar-refractivity contribution in [2.45, 2.75) is 91.5 Å². The first-order valence-electron chi connectivity index (χ1n) is 20.7. The van der Waals surface area contributed by atoms with Gasteiger partial charge in [-0.25, -0.2) is 24.0 Å². The van der Waals surface area contributed by atoms with Gasteiger partial charge in [0.1, 0.15) is 23.3 Å². The fraction of sp³-hybridized carbons (Fsp3) is 0.545. The first-order valence-corrected chi connectivity index (χ1v) is 20.7. The highest BCUT2D eigenvalue weighted by molar-refractivity contribution is 5.86. The smallest absolute Gasteiger partial charge is 0.409 e. The lowest BCUT2D eigenvalue weighted by atomic mass is 10.0. The van der Waals surface area contributed by atoms with Crippen molar-refractivity contribution in [2.24, 2.45) is 0 Å². The van der Waals surface area contributed by atoms with Crippen LogP contribution in [0.5, 0.6) is 0 Å². The summed E-state index contributed by atoms with van der Waals surface area (Å²) in [5.74, 6) is -1.43. The molecule has 2 aliphatic rings. The Hall–Kier alpha value is -6.60. The molecule has 0 aliphatic carbocycles. The number of hydrogen-bond donors (Lipinski definition) is 4. The summed E-state index contributed by atoms with van der Waals surface area (Å²) in [6.07, 6.45) is -1.77. The number of aliphatic carboxylic acids is 1. The monoisotopic (exact) mass is 878 g/mol. The molecule has 0 aromatic heterocycles. The third-order valence-corrected chi connectivity index (χ3v) is 8.73. The van der Waals surface area contributed by atoms with Gasteiger partial charge in [-0.1, -0.05) is 24.3 Å². The zero-order chi connectivity index (χ0) is 47.2. The maximum absolute atomic E-state index is 13.2. The largest absolute Gasteiger partial charge is 0.480 e. The lowest BCUT2D eigenvalue weighted by Crippen LogP contribution is -2.56. The number of nitriles is 2. The molecule has 4 N–H and O–H groups in total. The molecule has 2 aromatic carbocycles. The van der Waals surface area contributed by atoms with Crippen LogP contribution in [0, 0.1) is 22.7 Å². The van der Waals surface area contributed by atoms with Crippen LogP contribution in [0.1, 0.15) is 77.6 Å². The van der Waals surface area contributed by atoms with E-state index in [1.54, 1.807) is 112 Å². The summed E-state index contributed by atoms with van der Waals surface area (Å²) in [5.41, 5.74) is 0.909. The summed E-state index contributed by atoms with van der Waals surface area (Å²) in [6, 6.07) is 15.6. The number of alkyl carbamates (subject to hydrolysis) is 2. The average Bonchev–Trinajstić information content (AvgIpc) is 3.22. The molecular weight excluding hydrogens is 817 g/mol. The zero-order valence-corrected chi connectivity index (χ0v) is 37.5. The Morgan fingerprint density at radius 2 is 1.06 bits per heavy atom. The number of hydrogen-bond acceptors (Lipinski definition) is 13. The van der Waals surface area contributed by atoms with Crippen LogP contribution < -0.4 is 16.0 Å². The minimum atomic E-state index is -1.16. The lowest BCUT2D eigenvalue weighted by Gasteiger charge is -2.36. The van der Waals surface area contributed by atoms with E-state index in [9.17, 15) is 33.9 Å². The lowest BCUT2D eigenvalue weighted by molar-refractivity contribution is -0.139. The highest BCUT2D eigenvalue weighted by Gasteiger charge is 2.32. The molecule has 2 fully saturated rings. The summed E-state index contributed by atoms with van der Waals surface area (Å²) in [5, 5.41) is 35.3. The molecule has 2 atom stereocenters. The van der Waals surface area contributed by atoms with Gasteiger partial charge in [0.05, 0.1) is 36.5 Å². The number of carboxylic acids is 1. The average molecular weight is 879 g/mol. The third-order valence-electron chi connectivity index (χ3n) is 8.73. The molecule has 2 heterocycles. The van der Waals surface area contributed by atoms with Crippen molar-refractivity contribution in [1.29, 1.82) is 10.5 Å². The molecular formula is C44H62N8O11. The fourth-order valence-corrected chi connectivity index (χ4v) is 5.91. The predicted octanol–water partition coefficient (Wildman–Crippen LogP) is 4.42. The highest BCUT2D eigenvalue weighted by atomic mass is 16.6. The Morgan fingerprint density at radius 3 is 1.46 bits per heavy atom. The summed E-state index contributed by atoms with van der Waals surface area (Å²) in [4.78, 5) is 76.3. The van der Waals surface area contributed by atoms with E-state index in [1.807, 2.05) is 13.0 Å². The number of amides is 5. The molecule has 0 spiro atoms. The molecule has 2 saturated heterocycles. The first kappa shape index (κ1) is 52.5. The van der Waals surface area contributed by atoms with Crippen molar-refractivity contribution in [3.05, 3.63) is 70.8 Å². The Labute approximate surface area is 369 Å². The molecule has 0 radical (unpaired) electrons. The molecule has 344 valence electrons. The van der Waals surface area contributed by atoms with E-state index in [0.717, 1.165) is 31.7 Å². The van der Waals surface area contributed by atoms with Crippen molar-refractivity contribution in [2.75, 3.05) is 65.6 Å². The molecule has 4 rings (SSSR count). The summed E-state index contributed by atoms with van der Waals surface area (Å²) < 4.78 is 20.2. The molecule has 2 aromatic rings. The Bertz CT molecular complexity index is 1920. The number of nitrogens with zero attached hydrogens (tertiary/aromatic N) is 5. The number of piperazine rings is 2. The third kappa shape index (κ3) is 20.7. The number of ether oxygens (including phenoxy) is 4. The van der Waals surface area contributed by atoms with E-state index >= 15 is 0 Å². The number of benzene rings is 2. The van der Waals surface area contributed by atoms with Crippen LogP contribution in [0.3, 0.4) is 0 Å². The van der Waals surface area contributed by atoms with Gasteiger partial charge in [0.2, 0.25) is 5.91 Å². The van der Waals surface area contributed by atoms with Crippen molar-refractivity contribution in [3.8, 4) is 12.1 Å². The quantitative estimate of drug-likeness (QED) is 0.241. The second-order valence-electron chi connectivity index (χ2n) is 16.2. The van der Waals surface area contributed by atoms with Crippen LogP contribution in [0.2, 0.25) is 0 Å². The number of nitrogens with one attached hydrogen (secondary N) is 3. The molecule has 63 heavy (non-hydrogen) atoms. The van der Waals surface area contributed by atoms with E-state index < -0.39 is 47.5 Å². The second-order valence-corrected chi connectivity index (χ2v) is 16.2. The number of carboxylic acid groups (broad SMARTS) is 1. The Balaban J connectivity index is 0.000000365. The standard InChI is InChI=1S/C22H30N4O5.C15H18N2O4.C7H14N2O2/c1-5-30-21(29)26-11-9-25(10-12-26)19(27)18(24-20(28)31-22(2,3)4)14-16-7-6-8-17(13-16)15-23;1-15(2,3)21-14(20)17-12(13(18)19)8-10-5-4-6-11(7-10)9-16;1-2-11-7(10)9-5-3-8-4-6-9/h6-8,13,18H,5,9-12,14H2,1-4H3,(H,24,28);4-7,12H,8H2,1-3H3,(H,17,20)(H,18,19);8H,2-6H2,1H3/t18-;12-;/m00./s1. The van der Waals surface area contributed by atoms with E-state index in [4.69, 9.17) is 29.5 Å². The summed E-state index contributed by atoms with van der Waals surface area (Å²) >= 11 is 0. The molecule has 19 heteroatoms. The van der Waals surface area contributed by atoms with E-state index in [1.165, 1.54) is 0 Å². The predicted molar refractivity (Wildman–Crippen MR) is 230 cm³/mol. The second kappa shape index (κ2) is 26.0. The SMILES string of the molecule is CC(C)(C)OC(=O)N[C@@H](Cc1cccc(C#N)c1)C(=O)O.CCOC(=O)N1CCN(C(=O)[C@H](Cc2cccc(C#N)c2)NC(=O)OC(C)(C)C)CC1.CCOC(=O)N1CCNCC1. The minimum Gasteiger partial charge on any atom is -0.480 e. The normalized spacial score (nSPS) is 14.5. The first-order chi connectivity index (χ1) is 29.7. The van der Waals surface area contributed by atoms with Crippen LogP contribution in [-0.4, -0.2) is 145 Å². The molecule has 2 aliphatic heterocycles. The number of carbonyl (C=O) groups excluding carboxylic acids is 5. The Kier molecular flexibility index (Phi) is 21.7. The van der Waals surface area contributed by atoms with Crippen LogP contribution >= 0.6 is 0 Å². The van der Waals surface area contributed by atoms with Gasteiger partial charge in [0.25, 0.3) is 0 Å². The fourth-order valence-electron chi connectivity index (χ4n) is 5.91. The zero-order valence-electron chi connectivity index (χ0n) is 37.5. The van der Waals surface area contributed by atoms with Gasteiger partial charge >= 0.3 is 30.3 Å². The minimum absolute atomic E-state index is 0.0735. The van der Waals surface area contributed by atoms with Gasteiger partial charge in [0, 0.05) is 65.2 Å². The van der Waals surface area contributed by atoms with Crippen molar-refractivity contribution >= 4 is 36.2 Å². The molecule has 0 saturated carbocycles. The van der Waals surface area contributed by atoms with Gasteiger partial charge in [-0.05, 0) is 90.8 Å². The number of carbonyl (C=O) groups is 6. The molecule has 0 unspecified atom stereocenters. The highest BCUT2D eigenvalue weighted by Crippen LogP contribution is 2.14. The molecule has 0 bridgehead atoms.